The van der Waals surface area contributed by atoms with Crippen LogP contribution in [0.25, 0.3) is 12.2 Å². The number of pyridine rings is 1. The van der Waals surface area contributed by atoms with Gasteiger partial charge in [0.2, 0.25) is 5.91 Å². The van der Waals surface area contributed by atoms with Gasteiger partial charge in [0.1, 0.15) is 0 Å². The van der Waals surface area contributed by atoms with Gasteiger partial charge in [0.25, 0.3) is 0 Å². The molecule has 0 radical (unpaired) electrons. The van der Waals surface area contributed by atoms with Crippen molar-refractivity contribution in [1.82, 2.24) is 4.98 Å². The van der Waals surface area contributed by atoms with Crippen LogP contribution in [0, 0.1) is 0 Å². The van der Waals surface area contributed by atoms with Crippen LogP contribution >= 0.6 is 0 Å². The first-order valence-corrected chi connectivity index (χ1v) is 5.25. The first-order valence-electron chi connectivity index (χ1n) is 5.25. The van der Waals surface area contributed by atoms with Crippen LogP contribution in [-0.4, -0.2) is 10.9 Å². The highest BCUT2D eigenvalue weighted by Crippen LogP contribution is 2.06. The van der Waals surface area contributed by atoms with E-state index in [0.29, 0.717) is 5.56 Å². The van der Waals surface area contributed by atoms with Crippen LogP contribution in [0.4, 0.5) is 0 Å². The van der Waals surface area contributed by atoms with Gasteiger partial charge in [-0.25, -0.2) is 0 Å². The Hall–Kier alpha value is -2.42. The number of aromatic nitrogens is 1. The zero-order valence-corrected chi connectivity index (χ0v) is 9.21. The molecule has 0 saturated heterocycles. The maximum atomic E-state index is 10.9. The fourth-order valence-corrected chi connectivity index (χ4v) is 1.40. The largest absolute Gasteiger partial charge is 0.366 e. The van der Waals surface area contributed by atoms with E-state index in [-0.39, 0.29) is 0 Å². The Morgan fingerprint density at radius 1 is 1.06 bits per heavy atom. The quantitative estimate of drug-likeness (QED) is 0.870. The second kappa shape index (κ2) is 5.07. The Bertz CT molecular complexity index is 530. The van der Waals surface area contributed by atoms with Crippen LogP contribution in [0.1, 0.15) is 21.6 Å². The second-order valence-electron chi connectivity index (χ2n) is 3.58. The minimum absolute atomic E-state index is 0.418. The maximum Gasteiger partial charge on any atom is 0.250 e. The molecule has 0 aliphatic heterocycles. The number of amides is 1. The Morgan fingerprint density at radius 3 is 2.41 bits per heavy atom. The maximum absolute atomic E-state index is 10.9. The van der Waals surface area contributed by atoms with Gasteiger partial charge in [-0.15, -0.1) is 0 Å². The molecule has 0 bridgehead atoms. The highest BCUT2D eigenvalue weighted by molar-refractivity contribution is 5.92. The van der Waals surface area contributed by atoms with Crippen LogP contribution in [0.15, 0.2) is 48.7 Å². The van der Waals surface area contributed by atoms with E-state index >= 15 is 0 Å². The summed E-state index contributed by atoms with van der Waals surface area (Å²) >= 11 is 0. The molecule has 84 valence electrons. The molecule has 17 heavy (non-hydrogen) atoms. The summed E-state index contributed by atoms with van der Waals surface area (Å²) in [5.41, 5.74) is 7.45. The van der Waals surface area contributed by atoms with Crippen LogP contribution in [0.5, 0.6) is 0 Å². The van der Waals surface area contributed by atoms with Crippen molar-refractivity contribution >= 4 is 18.1 Å². The number of hydrogen-bond acceptors (Lipinski definition) is 2. The van der Waals surface area contributed by atoms with Gasteiger partial charge in [-0.1, -0.05) is 36.4 Å². The van der Waals surface area contributed by atoms with Crippen molar-refractivity contribution in [1.29, 1.82) is 0 Å². The van der Waals surface area contributed by atoms with Crippen molar-refractivity contribution in [3.63, 3.8) is 0 Å². The molecular weight excluding hydrogens is 212 g/mol. The van der Waals surface area contributed by atoms with Crippen molar-refractivity contribution in [3.8, 4) is 0 Å². The fraction of sp³-hybridized carbons (Fsp3) is 0. The molecular formula is C14H12N2O. The number of primary amides is 1. The van der Waals surface area contributed by atoms with Crippen molar-refractivity contribution in [2.45, 2.75) is 0 Å². The molecule has 1 aromatic heterocycles. The summed E-state index contributed by atoms with van der Waals surface area (Å²) in [6.45, 7) is 0. The summed E-state index contributed by atoms with van der Waals surface area (Å²) in [6, 6.07) is 13.4. The average Bonchev–Trinajstić information content (AvgIpc) is 2.38. The minimum Gasteiger partial charge on any atom is -0.366 e. The summed E-state index contributed by atoms with van der Waals surface area (Å²) in [5, 5.41) is 0. The van der Waals surface area contributed by atoms with Crippen LogP contribution < -0.4 is 5.73 Å². The van der Waals surface area contributed by atoms with E-state index in [1.54, 1.807) is 12.1 Å². The molecule has 0 spiro atoms. The van der Waals surface area contributed by atoms with Crippen molar-refractivity contribution in [2.24, 2.45) is 5.73 Å². The summed E-state index contributed by atoms with van der Waals surface area (Å²) in [4.78, 5) is 15.0. The molecule has 2 N–H and O–H groups in total. The molecule has 0 atom stereocenters. The SMILES string of the molecule is NC(=O)c1ccc(/C=C\c2ccccc2)nc1. The number of carbonyl (C=O) groups is 1. The summed E-state index contributed by atoms with van der Waals surface area (Å²) in [7, 11) is 0. The van der Waals surface area contributed by atoms with E-state index < -0.39 is 5.91 Å². The molecule has 1 amide bonds. The monoisotopic (exact) mass is 224 g/mol. The highest BCUT2D eigenvalue weighted by Gasteiger charge is 1.98. The van der Waals surface area contributed by atoms with Gasteiger partial charge in [-0.2, -0.15) is 0 Å². The molecule has 1 aromatic carbocycles. The Kier molecular flexibility index (Phi) is 3.31. The van der Waals surface area contributed by atoms with E-state index in [1.807, 2.05) is 42.5 Å². The third-order valence-corrected chi connectivity index (χ3v) is 2.32. The molecule has 0 unspecified atom stereocenters. The Balaban J connectivity index is 2.14. The van der Waals surface area contributed by atoms with E-state index in [0.717, 1.165) is 11.3 Å². The van der Waals surface area contributed by atoms with E-state index in [9.17, 15) is 4.79 Å². The van der Waals surface area contributed by atoms with Crippen LogP contribution in [-0.2, 0) is 0 Å². The molecule has 1 heterocycles. The van der Waals surface area contributed by atoms with Crippen molar-refractivity contribution in [3.05, 3.63) is 65.5 Å². The molecule has 2 aromatic rings. The smallest absolute Gasteiger partial charge is 0.250 e. The first-order chi connectivity index (χ1) is 8.25. The zero-order valence-electron chi connectivity index (χ0n) is 9.21. The van der Waals surface area contributed by atoms with Gasteiger partial charge >= 0.3 is 0 Å². The molecule has 0 aliphatic rings. The lowest BCUT2D eigenvalue weighted by Gasteiger charge is -1.96. The predicted octanol–water partition coefficient (Wildman–Crippen LogP) is 2.35. The molecule has 0 saturated carbocycles. The summed E-state index contributed by atoms with van der Waals surface area (Å²) in [6.07, 6.45) is 5.33. The lowest BCUT2D eigenvalue weighted by molar-refractivity contribution is 0.1000. The third-order valence-electron chi connectivity index (χ3n) is 2.32. The standard InChI is InChI=1S/C14H12N2O/c15-14(17)12-7-9-13(16-10-12)8-6-11-4-2-1-3-5-11/h1-10H,(H2,15,17)/b8-6-. The number of rotatable bonds is 3. The van der Waals surface area contributed by atoms with Gasteiger partial charge in [-0.05, 0) is 23.8 Å². The molecule has 0 fully saturated rings. The lowest BCUT2D eigenvalue weighted by Crippen LogP contribution is -2.10. The van der Waals surface area contributed by atoms with E-state index in [1.165, 1.54) is 6.20 Å². The van der Waals surface area contributed by atoms with Gasteiger partial charge in [-0.3, -0.25) is 9.78 Å². The number of hydrogen-bond donors (Lipinski definition) is 1. The van der Waals surface area contributed by atoms with Gasteiger partial charge < -0.3 is 5.73 Å². The molecule has 2 rings (SSSR count). The van der Waals surface area contributed by atoms with Crippen LogP contribution in [0.3, 0.4) is 0 Å². The van der Waals surface area contributed by atoms with Gasteiger partial charge in [0.05, 0.1) is 11.3 Å². The van der Waals surface area contributed by atoms with Crippen molar-refractivity contribution < 1.29 is 4.79 Å². The first kappa shape index (κ1) is 11.1. The number of carbonyl (C=O) groups excluding carboxylic acids is 1. The van der Waals surface area contributed by atoms with Crippen molar-refractivity contribution in [2.75, 3.05) is 0 Å². The summed E-state index contributed by atoms with van der Waals surface area (Å²) < 4.78 is 0. The van der Waals surface area contributed by atoms with E-state index in [2.05, 4.69) is 4.98 Å². The number of nitrogens with two attached hydrogens (primary N) is 1. The Labute approximate surface area is 99.6 Å². The van der Waals surface area contributed by atoms with Gasteiger partial charge in [0, 0.05) is 6.20 Å². The Morgan fingerprint density at radius 2 is 1.82 bits per heavy atom. The predicted molar refractivity (Wildman–Crippen MR) is 68.1 cm³/mol. The summed E-state index contributed by atoms with van der Waals surface area (Å²) in [5.74, 6) is -0.462. The topological polar surface area (TPSA) is 56.0 Å². The van der Waals surface area contributed by atoms with E-state index in [4.69, 9.17) is 5.73 Å². The van der Waals surface area contributed by atoms with Crippen LogP contribution in [0.2, 0.25) is 0 Å². The third kappa shape index (κ3) is 3.01. The molecule has 3 nitrogen and oxygen atoms in total. The fourth-order valence-electron chi connectivity index (χ4n) is 1.40. The molecule has 3 heteroatoms. The average molecular weight is 224 g/mol. The normalized spacial score (nSPS) is 10.6. The number of benzene rings is 1. The minimum atomic E-state index is -0.462. The highest BCUT2D eigenvalue weighted by atomic mass is 16.1. The second-order valence-corrected chi connectivity index (χ2v) is 3.58. The lowest BCUT2D eigenvalue weighted by atomic mass is 10.2. The number of nitrogens with zero attached hydrogens (tertiary/aromatic N) is 1. The van der Waals surface area contributed by atoms with Gasteiger partial charge in [0.15, 0.2) is 0 Å². The zero-order chi connectivity index (χ0) is 12.1. The molecule has 0 aliphatic carbocycles.